The van der Waals surface area contributed by atoms with Crippen molar-refractivity contribution in [3.8, 4) is 0 Å². The van der Waals surface area contributed by atoms with Crippen LogP contribution in [0, 0.1) is 0 Å². The molecule has 0 aromatic carbocycles. The molecule has 0 saturated heterocycles. The van der Waals surface area contributed by atoms with Crippen molar-refractivity contribution >= 4 is 17.1 Å². The van der Waals surface area contributed by atoms with Crippen molar-refractivity contribution in [1.29, 1.82) is 0 Å². The summed E-state index contributed by atoms with van der Waals surface area (Å²) < 4.78 is 5.51. The number of ketones is 1. The van der Waals surface area contributed by atoms with E-state index in [4.69, 9.17) is 4.74 Å². The fraction of sp³-hybridized carbons (Fsp3) is 0.600. The van der Waals surface area contributed by atoms with E-state index in [1.807, 2.05) is 6.92 Å². The minimum absolute atomic E-state index is 0.0399. The van der Waals surface area contributed by atoms with Crippen molar-refractivity contribution < 1.29 is 9.53 Å². The molecule has 0 aliphatic rings. The van der Waals surface area contributed by atoms with Crippen molar-refractivity contribution in [1.82, 2.24) is 4.98 Å². The minimum Gasteiger partial charge on any atom is -0.371 e. The Hall–Kier alpha value is -0.740. The minimum atomic E-state index is 0.0399. The zero-order valence-corrected chi connectivity index (χ0v) is 9.56. The van der Waals surface area contributed by atoms with Gasteiger partial charge in [0.1, 0.15) is 11.1 Å². The molecule has 0 amide bonds. The van der Waals surface area contributed by atoms with Crippen LogP contribution < -0.4 is 0 Å². The topological polar surface area (TPSA) is 39.2 Å². The molecule has 14 heavy (non-hydrogen) atoms. The molecule has 0 aliphatic carbocycles. The van der Waals surface area contributed by atoms with Crippen LogP contribution in [0.1, 0.15) is 48.0 Å². The number of carbonyl (C=O) groups excluding carboxylic acids is 1. The highest BCUT2D eigenvalue weighted by molar-refractivity contribution is 7.13. The number of nitrogens with zero attached hydrogens (tertiary/aromatic N) is 1. The van der Waals surface area contributed by atoms with Gasteiger partial charge in [0.2, 0.25) is 0 Å². The Balaban J connectivity index is 2.78. The van der Waals surface area contributed by atoms with E-state index in [1.54, 1.807) is 13.1 Å². The number of thiazole rings is 1. The molecule has 0 bridgehead atoms. The molecule has 1 aromatic heterocycles. The number of Topliss-reactive ketones (excluding diaryl/α,β-unsaturated/α-hetero) is 1. The van der Waals surface area contributed by atoms with Crippen LogP contribution >= 0.6 is 11.3 Å². The van der Waals surface area contributed by atoms with Crippen LogP contribution in [-0.2, 0) is 4.74 Å². The number of hydrogen-bond acceptors (Lipinski definition) is 4. The van der Waals surface area contributed by atoms with Gasteiger partial charge in [-0.2, -0.15) is 0 Å². The van der Waals surface area contributed by atoms with E-state index in [2.05, 4.69) is 11.9 Å². The van der Waals surface area contributed by atoms with Gasteiger partial charge in [-0.25, -0.2) is 4.98 Å². The second kappa shape index (κ2) is 5.22. The summed E-state index contributed by atoms with van der Waals surface area (Å²) in [6.45, 7) is 6.24. The van der Waals surface area contributed by atoms with Gasteiger partial charge in [0.05, 0.1) is 4.88 Å². The standard InChI is InChI=1S/C10H15NO2S/c1-4-8(13-5-2)10-11-6-9(14-10)7(3)12/h6,8H,4-5H2,1-3H3. The van der Waals surface area contributed by atoms with Gasteiger partial charge in [0.25, 0.3) is 0 Å². The third kappa shape index (κ3) is 2.62. The SMILES string of the molecule is CCOC(CC)c1ncc(C(C)=O)s1. The average Bonchev–Trinajstić information content (AvgIpc) is 2.63. The zero-order valence-electron chi connectivity index (χ0n) is 8.74. The summed E-state index contributed by atoms with van der Waals surface area (Å²) in [6.07, 6.45) is 2.56. The van der Waals surface area contributed by atoms with Gasteiger partial charge in [0, 0.05) is 19.7 Å². The summed E-state index contributed by atoms with van der Waals surface area (Å²) in [6, 6.07) is 0. The van der Waals surface area contributed by atoms with E-state index >= 15 is 0 Å². The molecule has 0 N–H and O–H groups in total. The molecule has 4 heteroatoms. The molecule has 1 heterocycles. The second-order valence-electron chi connectivity index (χ2n) is 2.97. The Labute approximate surface area is 88.1 Å². The molecule has 78 valence electrons. The summed E-state index contributed by atoms with van der Waals surface area (Å²) in [5.41, 5.74) is 0. The Morgan fingerprint density at radius 2 is 2.36 bits per heavy atom. The maximum atomic E-state index is 11.1. The van der Waals surface area contributed by atoms with E-state index in [0.717, 1.165) is 11.4 Å². The van der Waals surface area contributed by atoms with Crippen molar-refractivity contribution in [2.45, 2.75) is 33.3 Å². The van der Waals surface area contributed by atoms with Gasteiger partial charge in [-0.3, -0.25) is 4.79 Å². The largest absolute Gasteiger partial charge is 0.371 e. The highest BCUT2D eigenvalue weighted by atomic mass is 32.1. The molecule has 1 rings (SSSR count). The van der Waals surface area contributed by atoms with Gasteiger partial charge >= 0.3 is 0 Å². The first kappa shape index (κ1) is 11.3. The molecule has 3 nitrogen and oxygen atoms in total. The van der Waals surface area contributed by atoms with Crippen LogP contribution in [0.15, 0.2) is 6.20 Å². The van der Waals surface area contributed by atoms with E-state index in [-0.39, 0.29) is 11.9 Å². The molecule has 1 atom stereocenters. The average molecular weight is 213 g/mol. The summed E-state index contributed by atoms with van der Waals surface area (Å²) in [7, 11) is 0. The van der Waals surface area contributed by atoms with E-state index < -0.39 is 0 Å². The highest BCUT2D eigenvalue weighted by Crippen LogP contribution is 2.25. The zero-order chi connectivity index (χ0) is 10.6. The van der Waals surface area contributed by atoms with Crippen molar-refractivity contribution in [2.24, 2.45) is 0 Å². The lowest BCUT2D eigenvalue weighted by Gasteiger charge is -2.10. The molecule has 0 fully saturated rings. The summed E-state index contributed by atoms with van der Waals surface area (Å²) in [5, 5.41) is 0.902. The quantitative estimate of drug-likeness (QED) is 0.706. The van der Waals surface area contributed by atoms with Crippen LogP contribution in [0.5, 0.6) is 0 Å². The third-order valence-electron chi connectivity index (χ3n) is 1.88. The smallest absolute Gasteiger partial charge is 0.171 e. The van der Waals surface area contributed by atoms with Gasteiger partial charge < -0.3 is 4.74 Å². The molecule has 0 radical (unpaired) electrons. The van der Waals surface area contributed by atoms with E-state index in [9.17, 15) is 4.79 Å². The van der Waals surface area contributed by atoms with Crippen LogP contribution in [0.25, 0.3) is 0 Å². The number of aromatic nitrogens is 1. The molecule has 1 aromatic rings. The molecule has 1 unspecified atom stereocenters. The first-order valence-corrected chi connectivity index (χ1v) is 5.58. The Morgan fingerprint density at radius 3 is 2.79 bits per heavy atom. The Bertz CT molecular complexity index is 309. The molecule has 0 saturated carbocycles. The van der Waals surface area contributed by atoms with E-state index in [1.165, 1.54) is 11.3 Å². The number of ether oxygens (including phenoxy) is 1. The van der Waals surface area contributed by atoms with Crippen LogP contribution in [0.4, 0.5) is 0 Å². The first-order chi connectivity index (χ1) is 6.69. The maximum absolute atomic E-state index is 11.1. The van der Waals surface area contributed by atoms with Crippen molar-refractivity contribution in [3.05, 3.63) is 16.1 Å². The van der Waals surface area contributed by atoms with Crippen molar-refractivity contribution in [2.75, 3.05) is 6.61 Å². The lowest BCUT2D eigenvalue weighted by molar-refractivity contribution is 0.0596. The number of hydrogen-bond donors (Lipinski definition) is 0. The molecular weight excluding hydrogens is 198 g/mol. The Morgan fingerprint density at radius 1 is 1.64 bits per heavy atom. The number of carbonyl (C=O) groups is 1. The van der Waals surface area contributed by atoms with E-state index in [0.29, 0.717) is 11.5 Å². The Kier molecular flexibility index (Phi) is 4.22. The number of rotatable bonds is 5. The highest BCUT2D eigenvalue weighted by Gasteiger charge is 2.14. The van der Waals surface area contributed by atoms with Crippen LogP contribution in [0.2, 0.25) is 0 Å². The van der Waals surface area contributed by atoms with Crippen LogP contribution in [-0.4, -0.2) is 17.4 Å². The van der Waals surface area contributed by atoms with Crippen LogP contribution in [0.3, 0.4) is 0 Å². The fourth-order valence-corrected chi connectivity index (χ4v) is 2.11. The lowest BCUT2D eigenvalue weighted by Crippen LogP contribution is -2.01. The van der Waals surface area contributed by atoms with Crippen molar-refractivity contribution in [3.63, 3.8) is 0 Å². The third-order valence-corrected chi connectivity index (χ3v) is 3.07. The van der Waals surface area contributed by atoms with Gasteiger partial charge in [-0.1, -0.05) is 6.92 Å². The predicted molar refractivity (Wildman–Crippen MR) is 56.8 cm³/mol. The lowest BCUT2D eigenvalue weighted by atomic mass is 10.3. The van der Waals surface area contributed by atoms with Gasteiger partial charge in [-0.05, 0) is 13.3 Å². The van der Waals surface area contributed by atoms with Gasteiger partial charge in [0.15, 0.2) is 5.78 Å². The summed E-state index contributed by atoms with van der Waals surface area (Å²) in [4.78, 5) is 16.0. The summed E-state index contributed by atoms with van der Waals surface area (Å²) in [5.74, 6) is 0.0695. The molecule has 0 aliphatic heterocycles. The normalized spacial score (nSPS) is 12.8. The molecular formula is C10H15NO2S. The predicted octanol–water partition coefficient (Wildman–Crippen LogP) is 2.83. The first-order valence-electron chi connectivity index (χ1n) is 4.77. The van der Waals surface area contributed by atoms with Gasteiger partial charge in [-0.15, -0.1) is 11.3 Å². The monoisotopic (exact) mass is 213 g/mol. The second-order valence-corrected chi connectivity index (χ2v) is 4.03. The fourth-order valence-electron chi connectivity index (χ4n) is 1.16. The summed E-state index contributed by atoms with van der Waals surface area (Å²) >= 11 is 1.43. The molecule has 0 spiro atoms. The maximum Gasteiger partial charge on any atom is 0.171 e.